The highest BCUT2D eigenvalue weighted by atomic mass is 32.2. The van der Waals surface area contributed by atoms with Crippen LogP contribution in [0.15, 0.2) is 0 Å². The van der Waals surface area contributed by atoms with Gasteiger partial charge in [-0.25, -0.2) is 0 Å². The van der Waals surface area contributed by atoms with Gasteiger partial charge in [-0.15, -0.1) is 0 Å². The Labute approximate surface area is 88.1 Å². The maximum atomic E-state index is 3.52. The van der Waals surface area contributed by atoms with E-state index in [-0.39, 0.29) is 0 Å². The molecule has 0 aromatic carbocycles. The van der Waals surface area contributed by atoms with Gasteiger partial charge in [-0.2, -0.15) is 11.8 Å². The average molecular weight is 203 g/mol. The number of hydrogen-bond acceptors (Lipinski definition) is 2. The summed E-state index contributed by atoms with van der Waals surface area (Å²) in [6.45, 7) is 9.26. The van der Waals surface area contributed by atoms with E-state index >= 15 is 0 Å². The molecular formula is C11H25NS. The van der Waals surface area contributed by atoms with Gasteiger partial charge in [-0.1, -0.05) is 20.8 Å². The molecule has 0 bridgehead atoms. The molecule has 0 aliphatic carbocycles. The van der Waals surface area contributed by atoms with Gasteiger partial charge in [-0.05, 0) is 49.8 Å². The van der Waals surface area contributed by atoms with Gasteiger partial charge in [0.25, 0.3) is 0 Å². The minimum absolute atomic E-state index is 0.816. The summed E-state index contributed by atoms with van der Waals surface area (Å²) in [5, 5.41) is 3.52. The van der Waals surface area contributed by atoms with Crippen molar-refractivity contribution in [1.82, 2.24) is 5.32 Å². The van der Waals surface area contributed by atoms with Crippen molar-refractivity contribution >= 4 is 11.8 Å². The predicted molar refractivity (Wildman–Crippen MR) is 64.5 cm³/mol. The molecule has 0 saturated heterocycles. The molecule has 1 unspecified atom stereocenters. The van der Waals surface area contributed by atoms with E-state index in [0.29, 0.717) is 0 Å². The third-order valence-corrected chi connectivity index (χ3v) is 3.11. The molecule has 0 amide bonds. The molecule has 13 heavy (non-hydrogen) atoms. The van der Waals surface area contributed by atoms with Crippen LogP contribution in [-0.2, 0) is 0 Å². The van der Waals surface area contributed by atoms with E-state index in [4.69, 9.17) is 0 Å². The molecule has 1 N–H and O–H groups in total. The molecule has 1 atom stereocenters. The molecular weight excluding hydrogens is 178 g/mol. The topological polar surface area (TPSA) is 12.0 Å². The normalized spacial score (nSPS) is 13.6. The second-order valence-corrected chi connectivity index (χ2v) is 4.98. The number of rotatable bonds is 8. The minimum atomic E-state index is 0.816. The molecule has 1 nitrogen and oxygen atoms in total. The van der Waals surface area contributed by atoms with Gasteiger partial charge in [0.15, 0.2) is 0 Å². The van der Waals surface area contributed by atoms with Crippen molar-refractivity contribution in [3.63, 3.8) is 0 Å². The van der Waals surface area contributed by atoms with Crippen molar-refractivity contribution in [3.8, 4) is 0 Å². The first-order chi connectivity index (χ1) is 6.22. The Bertz CT molecular complexity index is 104. The lowest BCUT2D eigenvalue weighted by Crippen LogP contribution is -2.27. The highest BCUT2D eigenvalue weighted by Crippen LogP contribution is 2.16. The summed E-state index contributed by atoms with van der Waals surface area (Å²) in [5.74, 6) is 2.98. The maximum absolute atomic E-state index is 3.52. The van der Waals surface area contributed by atoms with Crippen molar-refractivity contribution in [2.24, 2.45) is 11.8 Å². The quantitative estimate of drug-likeness (QED) is 0.609. The Hall–Kier alpha value is 0.310. The second kappa shape index (κ2) is 8.89. The molecule has 0 radical (unpaired) electrons. The molecule has 0 heterocycles. The summed E-state index contributed by atoms with van der Waals surface area (Å²) < 4.78 is 0. The van der Waals surface area contributed by atoms with E-state index in [1.165, 1.54) is 31.7 Å². The third kappa shape index (κ3) is 7.39. The van der Waals surface area contributed by atoms with Crippen molar-refractivity contribution < 1.29 is 0 Å². The Balaban J connectivity index is 3.54. The first-order valence-corrected chi connectivity index (χ1v) is 6.81. The van der Waals surface area contributed by atoms with Gasteiger partial charge in [0, 0.05) is 0 Å². The minimum Gasteiger partial charge on any atom is -0.316 e. The van der Waals surface area contributed by atoms with Crippen LogP contribution in [0.25, 0.3) is 0 Å². The lowest BCUT2D eigenvalue weighted by Gasteiger charge is -2.20. The summed E-state index contributed by atoms with van der Waals surface area (Å²) in [7, 11) is 0. The molecule has 0 rings (SSSR count). The summed E-state index contributed by atoms with van der Waals surface area (Å²) in [4.78, 5) is 0. The fourth-order valence-corrected chi connectivity index (χ4v) is 1.94. The predicted octanol–water partition coefficient (Wildman–Crippen LogP) is 3.01. The fraction of sp³-hybridized carbons (Fsp3) is 1.00. The summed E-state index contributed by atoms with van der Waals surface area (Å²) in [6, 6.07) is 0. The first-order valence-electron chi connectivity index (χ1n) is 5.42. The van der Waals surface area contributed by atoms with E-state index in [0.717, 1.165) is 11.8 Å². The number of thioether (sulfide) groups is 1. The van der Waals surface area contributed by atoms with E-state index < -0.39 is 0 Å². The van der Waals surface area contributed by atoms with Gasteiger partial charge < -0.3 is 5.32 Å². The maximum Gasteiger partial charge on any atom is -0.00178 e. The Kier molecular flexibility index (Phi) is 9.10. The zero-order valence-electron chi connectivity index (χ0n) is 9.60. The standard InChI is InChI=1S/C11H25NS/c1-5-7-12-9-11(10(2)3)6-8-13-4/h10-12H,5-9H2,1-4H3. The highest BCUT2D eigenvalue weighted by molar-refractivity contribution is 7.98. The SMILES string of the molecule is CCCNCC(CCSC)C(C)C. The van der Waals surface area contributed by atoms with Crippen molar-refractivity contribution in [1.29, 1.82) is 0 Å². The smallest absolute Gasteiger partial charge is 0.00178 e. The highest BCUT2D eigenvalue weighted by Gasteiger charge is 2.11. The molecule has 0 spiro atoms. The molecule has 2 heteroatoms. The van der Waals surface area contributed by atoms with Crippen LogP contribution in [0, 0.1) is 11.8 Å². The summed E-state index contributed by atoms with van der Waals surface area (Å²) >= 11 is 1.96. The third-order valence-electron chi connectivity index (χ3n) is 2.47. The van der Waals surface area contributed by atoms with Gasteiger partial charge in [0.2, 0.25) is 0 Å². The van der Waals surface area contributed by atoms with E-state index in [1.807, 2.05) is 11.8 Å². The van der Waals surface area contributed by atoms with Crippen LogP contribution in [0.2, 0.25) is 0 Å². The summed E-state index contributed by atoms with van der Waals surface area (Å²) in [6.07, 6.45) is 4.79. The van der Waals surface area contributed by atoms with Gasteiger partial charge >= 0.3 is 0 Å². The molecule has 0 aliphatic rings. The van der Waals surface area contributed by atoms with Crippen LogP contribution >= 0.6 is 11.8 Å². The van der Waals surface area contributed by atoms with E-state index in [9.17, 15) is 0 Å². The Morgan fingerprint density at radius 3 is 2.46 bits per heavy atom. The average Bonchev–Trinajstić information content (AvgIpc) is 2.10. The zero-order chi connectivity index (χ0) is 10.1. The van der Waals surface area contributed by atoms with Crippen LogP contribution in [0.5, 0.6) is 0 Å². The van der Waals surface area contributed by atoms with Crippen LogP contribution in [0.3, 0.4) is 0 Å². The molecule has 80 valence electrons. The molecule has 0 saturated carbocycles. The monoisotopic (exact) mass is 203 g/mol. The molecule has 0 fully saturated rings. The number of nitrogens with one attached hydrogen (secondary N) is 1. The van der Waals surface area contributed by atoms with Crippen LogP contribution in [0.4, 0.5) is 0 Å². The van der Waals surface area contributed by atoms with Gasteiger partial charge in [0.05, 0.1) is 0 Å². The Morgan fingerprint density at radius 2 is 2.00 bits per heavy atom. The van der Waals surface area contributed by atoms with Gasteiger partial charge in [-0.3, -0.25) is 0 Å². The summed E-state index contributed by atoms with van der Waals surface area (Å²) in [5.41, 5.74) is 0. The van der Waals surface area contributed by atoms with E-state index in [2.05, 4.69) is 32.3 Å². The van der Waals surface area contributed by atoms with Crippen LogP contribution in [0.1, 0.15) is 33.6 Å². The number of hydrogen-bond donors (Lipinski definition) is 1. The van der Waals surface area contributed by atoms with Crippen LogP contribution < -0.4 is 5.32 Å². The zero-order valence-corrected chi connectivity index (χ0v) is 10.4. The Morgan fingerprint density at radius 1 is 1.31 bits per heavy atom. The van der Waals surface area contributed by atoms with Crippen molar-refractivity contribution in [2.75, 3.05) is 25.1 Å². The lowest BCUT2D eigenvalue weighted by atomic mass is 9.93. The fourth-order valence-electron chi connectivity index (χ4n) is 1.40. The molecule has 0 aromatic rings. The largest absolute Gasteiger partial charge is 0.316 e. The molecule has 0 aromatic heterocycles. The second-order valence-electron chi connectivity index (χ2n) is 3.99. The first kappa shape index (κ1) is 13.3. The van der Waals surface area contributed by atoms with Crippen molar-refractivity contribution in [2.45, 2.75) is 33.6 Å². The van der Waals surface area contributed by atoms with Crippen LogP contribution in [-0.4, -0.2) is 25.1 Å². The van der Waals surface area contributed by atoms with Gasteiger partial charge in [0.1, 0.15) is 0 Å². The lowest BCUT2D eigenvalue weighted by molar-refractivity contribution is 0.355. The van der Waals surface area contributed by atoms with E-state index in [1.54, 1.807) is 0 Å². The van der Waals surface area contributed by atoms with Crippen molar-refractivity contribution in [3.05, 3.63) is 0 Å². The molecule has 0 aliphatic heterocycles.